The van der Waals surface area contributed by atoms with Crippen molar-refractivity contribution in [2.24, 2.45) is 0 Å². The van der Waals surface area contributed by atoms with E-state index < -0.39 is 0 Å². The minimum absolute atomic E-state index is 0.628. The van der Waals surface area contributed by atoms with Crippen LogP contribution in [0.15, 0.2) is 18.3 Å². The van der Waals surface area contributed by atoms with Crippen LogP contribution >= 0.6 is 0 Å². The van der Waals surface area contributed by atoms with Gasteiger partial charge in [-0.05, 0) is 38.6 Å². The van der Waals surface area contributed by atoms with Crippen LogP contribution in [0.3, 0.4) is 0 Å². The summed E-state index contributed by atoms with van der Waals surface area (Å²) in [5.41, 5.74) is 0.628. The second-order valence-electron chi connectivity index (χ2n) is 6.43. The normalized spacial score (nSPS) is 24.2. The summed E-state index contributed by atoms with van der Waals surface area (Å²) < 4.78 is 0. The van der Waals surface area contributed by atoms with Gasteiger partial charge in [0.2, 0.25) is 0 Å². The van der Waals surface area contributed by atoms with Gasteiger partial charge in [-0.25, -0.2) is 4.98 Å². The average molecular weight is 299 g/mol. The first-order valence-corrected chi connectivity index (χ1v) is 8.30. The number of anilines is 1. The maximum absolute atomic E-state index is 8.84. The third-order valence-corrected chi connectivity index (χ3v) is 4.96. The Morgan fingerprint density at radius 1 is 1.18 bits per heavy atom. The monoisotopic (exact) mass is 299 g/mol. The Morgan fingerprint density at radius 2 is 2.00 bits per heavy atom. The molecule has 0 N–H and O–H groups in total. The third kappa shape index (κ3) is 3.57. The van der Waals surface area contributed by atoms with Gasteiger partial charge in [-0.2, -0.15) is 5.26 Å². The van der Waals surface area contributed by atoms with Crippen LogP contribution in [0.4, 0.5) is 5.82 Å². The number of nitrogens with zero attached hydrogens (tertiary/aromatic N) is 5. The van der Waals surface area contributed by atoms with E-state index in [1.807, 2.05) is 12.1 Å². The van der Waals surface area contributed by atoms with Gasteiger partial charge in [0.1, 0.15) is 11.9 Å². The smallest absolute Gasteiger partial charge is 0.128 e. The number of likely N-dealkylation sites (N-methyl/N-ethyl adjacent to an activating group) is 1. The highest BCUT2D eigenvalue weighted by Gasteiger charge is 2.24. The predicted octanol–water partition coefficient (Wildman–Crippen LogP) is 1.56. The molecule has 0 aliphatic carbocycles. The molecule has 3 heterocycles. The highest BCUT2D eigenvalue weighted by molar-refractivity contribution is 5.42. The Labute approximate surface area is 133 Å². The molecule has 1 atom stereocenters. The zero-order valence-electron chi connectivity index (χ0n) is 13.4. The molecule has 118 valence electrons. The Morgan fingerprint density at radius 3 is 2.64 bits per heavy atom. The second kappa shape index (κ2) is 7.08. The van der Waals surface area contributed by atoms with Crippen LogP contribution in [-0.4, -0.2) is 67.1 Å². The van der Waals surface area contributed by atoms with E-state index in [2.05, 4.69) is 32.8 Å². The first-order chi connectivity index (χ1) is 10.8. The fourth-order valence-electron chi connectivity index (χ4n) is 3.47. The van der Waals surface area contributed by atoms with Crippen molar-refractivity contribution in [3.8, 4) is 6.07 Å². The topological polar surface area (TPSA) is 46.4 Å². The van der Waals surface area contributed by atoms with Crippen molar-refractivity contribution >= 4 is 5.82 Å². The second-order valence-corrected chi connectivity index (χ2v) is 6.43. The molecule has 5 heteroatoms. The van der Waals surface area contributed by atoms with Gasteiger partial charge in [-0.15, -0.1) is 0 Å². The van der Waals surface area contributed by atoms with Crippen molar-refractivity contribution in [3.05, 3.63) is 23.9 Å². The number of rotatable bonds is 3. The average Bonchev–Trinajstić information content (AvgIpc) is 2.58. The number of piperazine rings is 1. The van der Waals surface area contributed by atoms with Crippen molar-refractivity contribution in [1.82, 2.24) is 14.8 Å². The van der Waals surface area contributed by atoms with Gasteiger partial charge in [0.25, 0.3) is 0 Å². The molecule has 0 aromatic carbocycles. The number of nitriles is 1. The van der Waals surface area contributed by atoms with Gasteiger partial charge in [-0.1, -0.05) is 6.42 Å². The van der Waals surface area contributed by atoms with Gasteiger partial charge < -0.3 is 9.80 Å². The van der Waals surface area contributed by atoms with E-state index in [0.29, 0.717) is 5.56 Å². The Balaban J connectivity index is 1.50. The number of pyridine rings is 1. The highest BCUT2D eigenvalue weighted by atomic mass is 15.3. The summed E-state index contributed by atoms with van der Waals surface area (Å²) in [5.74, 6) is 0.994. The molecule has 5 nitrogen and oxygen atoms in total. The number of likely N-dealkylation sites (tertiary alicyclic amines) is 1. The lowest BCUT2D eigenvalue weighted by Crippen LogP contribution is -2.52. The van der Waals surface area contributed by atoms with Crippen LogP contribution in [-0.2, 0) is 0 Å². The summed E-state index contributed by atoms with van der Waals surface area (Å²) in [4.78, 5) is 11.8. The van der Waals surface area contributed by atoms with Gasteiger partial charge >= 0.3 is 0 Å². The minimum Gasteiger partial charge on any atom is -0.354 e. The molecule has 0 saturated carbocycles. The van der Waals surface area contributed by atoms with Crippen molar-refractivity contribution in [2.45, 2.75) is 25.3 Å². The number of aromatic nitrogens is 1. The number of hydrogen-bond acceptors (Lipinski definition) is 5. The van der Waals surface area contributed by atoms with Gasteiger partial charge in [0, 0.05) is 45.0 Å². The Kier molecular flexibility index (Phi) is 4.91. The van der Waals surface area contributed by atoms with E-state index in [1.54, 1.807) is 6.20 Å². The molecule has 3 rings (SSSR count). The lowest BCUT2D eigenvalue weighted by molar-refractivity contribution is 0.124. The summed E-state index contributed by atoms with van der Waals surface area (Å²) in [5, 5.41) is 8.84. The molecule has 1 aromatic heterocycles. The highest BCUT2D eigenvalue weighted by Crippen LogP contribution is 2.18. The first-order valence-electron chi connectivity index (χ1n) is 8.30. The van der Waals surface area contributed by atoms with Crippen LogP contribution in [0.2, 0.25) is 0 Å². The van der Waals surface area contributed by atoms with Crippen molar-refractivity contribution in [3.63, 3.8) is 0 Å². The van der Waals surface area contributed by atoms with E-state index in [9.17, 15) is 0 Å². The lowest BCUT2D eigenvalue weighted by atomic mass is 10.0. The predicted molar refractivity (Wildman–Crippen MR) is 87.9 cm³/mol. The van der Waals surface area contributed by atoms with E-state index >= 15 is 0 Å². The lowest BCUT2D eigenvalue weighted by Gasteiger charge is -2.40. The van der Waals surface area contributed by atoms with Crippen molar-refractivity contribution < 1.29 is 0 Å². The molecule has 0 radical (unpaired) electrons. The molecule has 22 heavy (non-hydrogen) atoms. The molecule has 0 spiro atoms. The molecule has 1 aromatic rings. The third-order valence-electron chi connectivity index (χ3n) is 4.96. The SMILES string of the molecule is CN1CCCCC1CN1CCN(c2ccc(C#N)cn2)CC1. The molecule has 1 unspecified atom stereocenters. The molecule has 2 saturated heterocycles. The van der Waals surface area contributed by atoms with Crippen molar-refractivity contribution in [1.29, 1.82) is 5.26 Å². The molecule has 2 fully saturated rings. The Hall–Kier alpha value is -1.64. The fourth-order valence-corrected chi connectivity index (χ4v) is 3.47. The fraction of sp³-hybridized carbons (Fsp3) is 0.647. The summed E-state index contributed by atoms with van der Waals surface area (Å²) in [7, 11) is 2.26. The van der Waals surface area contributed by atoms with E-state index in [4.69, 9.17) is 5.26 Å². The van der Waals surface area contributed by atoms with Crippen molar-refractivity contribution in [2.75, 3.05) is 51.2 Å². The molecule has 0 amide bonds. The molecule has 2 aliphatic rings. The summed E-state index contributed by atoms with van der Waals surface area (Å²) in [6, 6.07) is 6.66. The van der Waals surface area contributed by atoms with Crippen LogP contribution in [0.5, 0.6) is 0 Å². The minimum atomic E-state index is 0.628. The van der Waals surface area contributed by atoms with E-state index in [0.717, 1.165) is 38.0 Å². The summed E-state index contributed by atoms with van der Waals surface area (Å²) in [6.45, 7) is 6.70. The summed E-state index contributed by atoms with van der Waals surface area (Å²) in [6.07, 6.45) is 5.74. The number of piperidine rings is 1. The number of hydrogen-bond donors (Lipinski definition) is 0. The van der Waals surface area contributed by atoms with Crippen LogP contribution in [0, 0.1) is 11.3 Å². The molecular weight excluding hydrogens is 274 g/mol. The van der Waals surface area contributed by atoms with Crippen LogP contribution < -0.4 is 4.90 Å². The van der Waals surface area contributed by atoms with E-state index in [1.165, 1.54) is 32.4 Å². The maximum Gasteiger partial charge on any atom is 0.128 e. The maximum atomic E-state index is 8.84. The first kappa shape index (κ1) is 15.3. The van der Waals surface area contributed by atoms with Gasteiger partial charge in [0.15, 0.2) is 0 Å². The molecular formula is C17H25N5. The molecule has 0 bridgehead atoms. The van der Waals surface area contributed by atoms with Gasteiger partial charge in [-0.3, -0.25) is 4.90 Å². The molecule has 2 aliphatic heterocycles. The van der Waals surface area contributed by atoms with E-state index in [-0.39, 0.29) is 0 Å². The van der Waals surface area contributed by atoms with Gasteiger partial charge in [0.05, 0.1) is 5.56 Å². The summed E-state index contributed by atoms with van der Waals surface area (Å²) >= 11 is 0. The largest absolute Gasteiger partial charge is 0.354 e. The van der Waals surface area contributed by atoms with Crippen LogP contribution in [0.25, 0.3) is 0 Å². The Bertz CT molecular complexity index is 513. The van der Waals surface area contributed by atoms with Crippen LogP contribution in [0.1, 0.15) is 24.8 Å². The quantitative estimate of drug-likeness (QED) is 0.847. The standard InChI is InChI=1S/C17H25N5/c1-20-7-3-2-4-16(20)14-21-8-10-22(11-9-21)17-6-5-15(12-18)13-19-17/h5-6,13,16H,2-4,7-11,14H2,1H3. The zero-order valence-corrected chi connectivity index (χ0v) is 13.4. The zero-order chi connectivity index (χ0) is 15.4.